The largest absolute Gasteiger partial charge is 0.394 e. The van der Waals surface area contributed by atoms with Crippen molar-refractivity contribution in [3.8, 4) is 0 Å². The van der Waals surface area contributed by atoms with Gasteiger partial charge in [-0.15, -0.1) is 0 Å². The van der Waals surface area contributed by atoms with E-state index in [1.54, 1.807) is 0 Å². The molecule has 0 amide bonds. The first-order chi connectivity index (χ1) is 9.47. The molecular weight excluding hydrogens is 248 g/mol. The van der Waals surface area contributed by atoms with Gasteiger partial charge in [0.1, 0.15) is 0 Å². The molecule has 3 heteroatoms. The van der Waals surface area contributed by atoms with Gasteiger partial charge in [-0.05, 0) is 52.2 Å². The third-order valence-corrected chi connectivity index (χ3v) is 3.84. The van der Waals surface area contributed by atoms with E-state index in [0.717, 1.165) is 19.4 Å². The molecule has 2 N–H and O–H groups in total. The van der Waals surface area contributed by atoms with Gasteiger partial charge in [0.2, 0.25) is 0 Å². The smallest absolute Gasteiger partial charge is 0.0610 e. The van der Waals surface area contributed by atoms with E-state index in [1.807, 2.05) is 0 Å². The van der Waals surface area contributed by atoms with E-state index < -0.39 is 0 Å². The second-order valence-corrected chi connectivity index (χ2v) is 6.67. The summed E-state index contributed by atoms with van der Waals surface area (Å²) < 4.78 is 0. The Hall–Kier alpha value is -0.120. The molecule has 0 bridgehead atoms. The average Bonchev–Trinajstić information content (AvgIpc) is 2.40. The van der Waals surface area contributed by atoms with Crippen molar-refractivity contribution in [2.45, 2.75) is 84.7 Å². The molecule has 20 heavy (non-hydrogen) atoms. The Morgan fingerprint density at radius 1 is 1.00 bits per heavy atom. The van der Waals surface area contributed by atoms with Crippen molar-refractivity contribution < 1.29 is 5.11 Å². The van der Waals surface area contributed by atoms with Gasteiger partial charge in [0, 0.05) is 11.6 Å². The molecule has 0 radical (unpaired) electrons. The highest BCUT2D eigenvalue weighted by Crippen LogP contribution is 2.14. The van der Waals surface area contributed by atoms with Gasteiger partial charge in [-0.1, -0.05) is 40.5 Å². The van der Waals surface area contributed by atoms with Gasteiger partial charge in [0.15, 0.2) is 0 Å². The minimum Gasteiger partial charge on any atom is -0.394 e. The fraction of sp³-hybridized carbons (Fsp3) is 1.00. The van der Waals surface area contributed by atoms with Gasteiger partial charge < -0.3 is 15.3 Å². The zero-order chi connectivity index (χ0) is 15.4. The SMILES string of the molecule is CCCCN(CCCC)CCCC(C)(CO)NC(C)C. The van der Waals surface area contributed by atoms with E-state index in [4.69, 9.17) is 0 Å². The van der Waals surface area contributed by atoms with E-state index >= 15 is 0 Å². The molecule has 0 aliphatic heterocycles. The second-order valence-electron chi connectivity index (χ2n) is 6.67. The molecule has 1 atom stereocenters. The number of nitrogens with one attached hydrogen (secondary N) is 1. The normalized spacial score (nSPS) is 15.0. The summed E-state index contributed by atoms with van der Waals surface area (Å²) in [7, 11) is 0. The molecule has 0 aromatic rings. The van der Waals surface area contributed by atoms with Gasteiger partial charge in [-0.2, -0.15) is 0 Å². The van der Waals surface area contributed by atoms with Crippen molar-refractivity contribution >= 4 is 0 Å². The van der Waals surface area contributed by atoms with Crippen LogP contribution in [0.15, 0.2) is 0 Å². The van der Waals surface area contributed by atoms with Crippen LogP contribution >= 0.6 is 0 Å². The number of unbranched alkanes of at least 4 members (excludes halogenated alkanes) is 2. The van der Waals surface area contributed by atoms with Crippen LogP contribution in [0.4, 0.5) is 0 Å². The van der Waals surface area contributed by atoms with Crippen LogP contribution in [0.3, 0.4) is 0 Å². The Bertz CT molecular complexity index is 213. The Labute approximate surface area is 127 Å². The van der Waals surface area contributed by atoms with Gasteiger partial charge in [-0.3, -0.25) is 0 Å². The highest BCUT2D eigenvalue weighted by molar-refractivity contribution is 4.84. The summed E-state index contributed by atoms with van der Waals surface area (Å²) in [5.74, 6) is 0. The molecule has 122 valence electrons. The summed E-state index contributed by atoms with van der Waals surface area (Å²) in [4.78, 5) is 2.60. The molecule has 0 heterocycles. The standard InChI is InChI=1S/C17H38N2O/c1-6-8-12-19(13-9-7-2)14-10-11-17(5,15-20)18-16(3)4/h16,18,20H,6-15H2,1-5H3. The topological polar surface area (TPSA) is 35.5 Å². The predicted molar refractivity (Wildman–Crippen MR) is 89.3 cm³/mol. The first-order valence-electron chi connectivity index (χ1n) is 8.58. The van der Waals surface area contributed by atoms with Crippen LogP contribution in [0.25, 0.3) is 0 Å². The summed E-state index contributed by atoms with van der Waals surface area (Å²) in [6.45, 7) is 14.8. The maximum Gasteiger partial charge on any atom is 0.0610 e. The fourth-order valence-corrected chi connectivity index (χ4v) is 2.69. The predicted octanol–water partition coefficient (Wildman–Crippen LogP) is 3.42. The van der Waals surface area contributed by atoms with Gasteiger partial charge >= 0.3 is 0 Å². The van der Waals surface area contributed by atoms with Crippen LogP contribution < -0.4 is 5.32 Å². The van der Waals surface area contributed by atoms with E-state index in [2.05, 4.69) is 44.8 Å². The van der Waals surface area contributed by atoms with Crippen molar-refractivity contribution in [3.63, 3.8) is 0 Å². The van der Waals surface area contributed by atoms with E-state index in [-0.39, 0.29) is 12.1 Å². The third-order valence-electron chi connectivity index (χ3n) is 3.84. The number of aliphatic hydroxyl groups is 1. The molecule has 0 aliphatic carbocycles. The summed E-state index contributed by atoms with van der Waals surface area (Å²) >= 11 is 0. The lowest BCUT2D eigenvalue weighted by atomic mass is 9.95. The first kappa shape index (κ1) is 19.9. The zero-order valence-electron chi connectivity index (χ0n) is 14.5. The van der Waals surface area contributed by atoms with Crippen LogP contribution in [0, 0.1) is 0 Å². The van der Waals surface area contributed by atoms with Gasteiger partial charge in [0.25, 0.3) is 0 Å². The summed E-state index contributed by atoms with van der Waals surface area (Å²) in [6.07, 6.45) is 7.33. The lowest BCUT2D eigenvalue weighted by Gasteiger charge is -2.32. The van der Waals surface area contributed by atoms with Gasteiger partial charge in [-0.25, -0.2) is 0 Å². The minimum atomic E-state index is -0.130. The van der Waals surface area contributed by atoms with Crippen LogP contribution in [0.2, 0.25) is 0 Å². The summed E-state index contributed by atoms with van der Waals surface area (Å²) in [6, 6.07) is 0.420. The number of nitrogens with zero attached hydrogens (tertiary/aromatic N) is 1. The van der Waals surface area contributed by atoms with Crippen LogP contribution in [0.5, 0.6) is 0 Å². The van der Waals surface area contributed by atoms with Gasteiger partial charge in [0.05, 0.1) is 6.61 Å². The Balaban J connectivity index is 4.11. The van der Waals surface area contributed by atoms with E-state index in [1.165, 1.54) is 38.8 Å². The maximum absolute atomic E-state index is 9.61. The van der Waals surface area contributed by atoms with Crippen LogP contribution in [-0.4, -0.2) is 47.8 Å². The highest BCUT2D eigenvalue weighted by Gasteiger charge is 2.23. The monoisotopic (exact) mass is 286 g/mol. The summed E-state index contributed by atoms with van der Waals surface area (Å²) in [5.41, 5.74) is -0.130. The van der Waals surface area contributed by atoms with Crippen molar-refractivity contribution in [1.29, 1.82) is 0 Å². The Morgan fingerprint density at radius 2 is 1.50 bits per heavy atom. The minimum absolute atomic E-state index is 0.130. The number of hydrogen-bond donors (Lipinski definition) is 2. The van der Waals surface area contributed by atoms with E-state index in [9.17, 15) is 5.11 Å². The molecule has 0 aromatic heterocycles. The average molecular weight is 287 g/mol. The van der Waals surface area contributed by atoms with Crippen molar-refractivity contribution in [2.75, 3.05) is 26.2 Å². The van der Waals surface area contributed by atoms with E-state index in [0.29, 0.717) is 6.04 Å². The quantitative estimate of drug-likeness (QED) is 0.544. The molecule has 0 aliphatic rings. The first-order valence-corrected chi connectivity index (χ1v) is 8.58. The summed E-state index contributed by atoms with van der Waals surface area (Å²) in [5, 5.41) is 13.1. The molecule has 0 spiro atoms. The second kappa shape index (κ2) is 11.5. The lowest BCUT2D eigenvalue weighted by molar-refractivity contribution is 0.147. The molecule has 3 nitrogen and oxygen atoms in total. The highest BCUT2D eigenvalue weighted by atomic mass is 16.3. The lowest BCUT2D eigenvalue weighted by Crippen LogP contribution is -2.49. The van der Waals surface area contributed by atoms with Crippen molar-refractivity contribution in [1.82, 2.24) is 10.2 Å². The Morgan fingerprint density at radius 3 is 1.90 bits per heavy atom. The maximum atomic E-state index is 9.61. The van der Waals surface area contributed by atoms with Crippen molar-refractivity contribution in [3.05, 3.63) is 0 Å². The molecule has 0 saturated heterocycles. The molecule has 0 saturated carbocycles. The molecule has 0 aromatic carbocycles. The number of hydrogen-bond acceptors (Lipinski definition) is 3. The fourth-order valence-electron chi connectivity index (χ4n) is 2.69. The third kappa shape index (κ3) is 9.73. The molecule has 0 rings (SSSR count). The van der Waals surface area contributed by atoms with Crippen LogP contribution in [-0.2, 0) is 0 Å². The number of rotatable bonds is 13. The van der Waals surface area contributed by atoms with Crippen LogP contribution in [0.1, 0.15) is 73.1 Å². The van der Waals surface area contributed by atoms with Crippen molar-refractivity contribution in [2.24, 2.45) is 0 Å². The zero-order valence-corrected chi connectivity index (χ0v) is 14.5. The Kier molecular flexibility index (Phi) is 11.5. The molecule has 1 unspecified atom stereocenters. The molecular formula is C17H38N2O. The molecule has 0 fully saturated rings. The number of aliphatic hydroxyl groups excluding tert-OH is 1.